The predicted molar refractivity (Wildman–Crippen MR) is 87.3 cm³/mol. The van der Waals surface area contributed by atoms with E-state index in [-0.39, 0.29) is 29.4 Å². The molecule has 0 aromatic heterocycles. The molecular weight excluding hydrogens is 308 g/mol. The summed E-state index contributed by atoms with van der Waals surface area (Å²) in [5.41, 5.74) is -0.245. The molecule has 2 aliphatic heterocycles. The molecule has 0 radical (unpaired) electrons. The van der Waals surface area contributed by atoms with Gasteiger partial charge >= 0.3 is 6.09 Å². The zero-order valence-electron chi connectivity index (χ0n) is 14.9. The summed E-state index contributed by atoms with van der Waals surface area (Å²) in [6.45, 7) is 8.40. The van der Waals surface area contributed by atoms with Gasteiger partial charge < -0.3 is 9.57 Å². The van der Waals surface area contributed by atoms with Crippen molar-refractivity contribution in [2.45, 2.75) is 77.5 Å². The number of hydrogen-bond donors (Lipinski definition) is 0. The second-order valence-electron chi connectivity index (χ2n) is 8.17. The Balaban J connectivity index is 1.71. The number of carbonyl (C=O) groups is 2. The van der Waals surface area contributed by atoms with Gasteiger partial charge in [-0.2, -0.15) is 0 Å². The van der Waals surface area contributed by atoms with Crippen LogP contribution < -0.4 is 0 Å². The van der Waals surface area contributed by atoms with Crippen molar-refractivity contribution in [3.05, 3.63) is 0 Å². The summed E-state index contributed by atoms with van der Waals surface area (Å²) >= 11 is 0. The molecular formula is C18H26N2O4. The van der Waals surface area contributed by atoms with E-state index in [4.69, 9.17) is 9.57 Å². The molecule has 5 atom stereocenters. The third-order valence-corrected chi connectivity index (χ3v) is 7.22. The van der Waals surface area contributed by atoms with Crippen LogP contribution in [0, 0.1) is 17.3 Å². The van der Waals surface area contributed by atoms with Crippen LogP contribution in [0.2, 0.25) is 0 Å². The first-order valence-electron chi connectivity index (χ1n) is 9.17. The van der Waals surface area contributed by atoms with Crippen LogP contribution in [0.25, 0.3) is 0 Å². The second kappa shape index (κ2) is 4.96. The van der Waals surface area contributed by atoms with Crippen molar-refractivity contribution < 1.29 is 19.2 Å². The molecule has 2 amide bonds. The van der Waals surface area contributed by atoms with Gasteiger partial charge in [0.1, 0.15) is 12.2 Å². The van der Waals surface area contributed by atoms with Crippen molar-refractivity contribution in [3.63, 3.8) is 0 Å². The first-order valence-corrected chi connectivity index (χ1v) is 9.17. The van der Waals surface area contributed by atoms with Crippen molar-refractivity contribution in [1.82, 2.24) is 4.90 Å². The number of hydrogen-bond acceptors (Lipinski definition) is 5. The number of amides is 2. The number of carbonyl (C=O) groups excluding carboxylic acids is 2. The predicted octanol–water partition coefficient (Wildman–Crippen LogP) is 3.10. The number of rotatable bonds is 3. The number of nitrogens with zero attached hydrogens (tertiary/aromatic N) is 2. The quantitative estimate of drug-likeness (QED) is 0.795. The maximum Gasteiger partial charge on any atom is 0.417 e. The molecule has 2 heterocycles. The van der Waals surface area contributed by atoms with Gasteiger partial charge in [0, 0.05) is 5.92 Å². The molecule has 4 rings (SSSR count). The summed E-state index contributed by atoms with van der Waals surface area (Å²) in [6.07, 6.45) is 3.55. The van der Waals surface area contributed by atoms with Gasteiger partial charge in [-0.15, -0.1) is 0 Å². The van der Waals surface area contributed by atoms with Crippen LogP contribution in [0.5, 0.6) is 0 Å². The van der Waals surface area contributed by atoms with E-state index in [1.54, 1.807) is 0 Å². The zero-order chi connectivity index (χ0) is 17.3. The molecule has 24 heavy (non-hydrogen) atoms. The molecule has 4 aliphatic rings. The molecule has 2 bridgehead atoms. The summed E-state index contributed by atoms with van der Waals surface area (Å²) in [5.74, 6) is 0.145. The van der Waals surface area contributed by atoms with E-state index in [1.807, 2.05) is 13.8 Å². The average molecular weight is 334 g/mol. The molecule has 0 aromatic rings. The van der Waals surface area contributed by atoms with Crippen LogP contribution in [0.15, 0.2) is 5.16 Å². The van der Waals surface area contributed by atoms with Gasteiger partial charge in [-0.25, -0.2) is 9.69 Å². The molecule has 2 saturated carbocycles. The van der Waals surface area contributed by atoms with Crippen LogP contribution in [-0.4, -0.2) is 40.4 Å². The first-order chi connectivity index (χ1) is 11.4. The first kappa shape index (κ1) is 15.9. The Kier molecular flexibility index (Phi) is 3.29. The summed E-state index contributed by atoms with van der Waals surface area (Å²) in [4.78, 5) is 32.8. The lowest BCUT2D eigenvalue weighted by molar-refractivity contribution is -0.127. The Morgan fingerprint density at radius 2 is 2.08 bits per heavy atom. The van der Waals surface area contributed by atoms with E-state index in [2.05, 4.69) is 19.0 Å². The van der Waals surface area contributed by atoms with Crippen molar-refractivity contribution in [2.75, 3.05) is 0 Å². The fraction of sp³-hybridized carbons (Fsp3) is 0.833. The highest BCUT2D eigenvalue weighted by Crippen LogP contribution is 2.65. The van der Waals surface area contributed by atoms with Crippen LogP contribution in [-0.2, 0) is 14.4 Å². The summed E-state index contributed by atoms with van der Waals surface area (Å²) in [7, 11) is 0. The van der Waals surface area contributed by atoms with E-state index in [9.17, 15) is 9.59 Å². The molecule has 2 aliphatic carbocycles. The fourth-order valence-corrected chi connectivity index (χ4v) is 5.73. The molecule has 1 saturated heterocycles. The van der Waals surface area contributed by atoms with Crippen LogP contribution in [0.4, 0.5) is 4.79 Å². The highest BCUT2D eigenvalue weighted by atomic mass is 16.6. The van der Waals surface area contributed by atoms with E-state index in [0.717, 1.165) is 32.1 Å². The third-order valence-electron chi connectivity index (χ3n) is 7.22. The van der Waals surface area contributed by atoms with Gasteiger partial charge in [-0.05, 0) is 43.4 Å². The largest absolute Gasteiger partial charge is 0.443 e. The third kappa shape index (κ3) is 1.64. The van der Waals surface area contributed by atoms with Crippen molar-refractivity contribution in [2.24, 2.45) is 22.4 Å². The van der Waals surface area contributed by atoms with Crippen molar-refractivity contribution in [3.8, 4) is 0 Å². The fourth-order valence-electron chi connectivity index (χ4n) is 5.73. The lowest BCUT2D eigenvalue weighted by atomic mass is 9.74. The smallest absolute Gasteiger partial charge is 0.417 e. The molecule has 1 spiro atoms. The lowest BCUT2D eigenvalue weighted by Gasteiger charge is -2.41. The molecule has 0 aromatic carbocycles. The standard InChI is InChI=1S/C18H26N2O4/c1-5-11-12(6-2)24-19-14(11)15(21)20-16(22)23-13-9-10-7-8-18(13,20)17(10,3)4/h10-13H,5-9H2,1-4H3/t10-,11-,12-,13-,18+/m1/s1. The average Bonchev–Trinajstić information content (AvgIpc) is 3.22. The Labute approximate surface area is 142 Å². The summed E-state index contributed by atoms with van der Waals surface area (Å²) in [5, 5.41) is 4.08. The van der Waals surface area contributed by atoms with E-state index in [0.29, 0.717) is 11.6 Å². The van der Waals surface area contributed by atoms with Crippen LogP contribution >= 0.6 is 0 Å². The number of oxime groups is 1. The normalized spacial score (nSPS) is 41.9. The Bertz CT molecular complexity index is 629. The van der Waals surface area contributed by atoms with Gasteiger partial charge in [-0.1, -0.05) is 32.9 Å². The lowest BCUT2D eigenvalue weighted by Crippen LogP contribution is -2.59. The topological polar surface area (TPSA) is 68.2 Å². The van der Waals surface area contributed by atoms with Crippen molar-refractivity contribution >= 4 is 17.7 Å². The maximum atomic E-state index is 13.3. The Morgan fingerprint density at radius 3 is 2.71 bits per heavy atom. The van der Waals surface area contributed by atoms with Crippen molar-refractivity contribution in [1.29, 1.82) is 0 Å². The van der Waals surface area contributed by atoms with Gasteiger partial charge in [0.05, 0.1) is 5.54 Å². The van der Waals surface area contributed by atoms with E-state index >= 15 is 0 Å². The van der Waals surface area contributed by atoms with Gasteiger partial charge in [-0.3, -0.25) is 4.79 Å². The summed E-state index contributed by atoms with van der Waals surface area (Å²) < 4.78 is 5.63. The molecule has 6 heteroatoms. The monoisotopic (exact) mass is 334 g/mol. The number of fused-ring (bicyclic) bond motifs is 1. The summed E-state index contributed by atoms with van der Waals surface area (Å²) in [6, 6.07) is 0. The number of imide groups is 1. The minimum atomic E-state index is -0.517. The second-order valence-corrected chi connectivity index (χ2v) is 8.17. The highest BCUT2D eigenvalue weighted by molar-refractivity contribution is 6.42. The SMILES string of the molecule is CC[C@H]1ON=C(C(=O)N2C(=O)O[C@@H]3C[C@H]4CC[C@@]32C4(C)C)[C@@H]1CC. The molecule has 6 nitrogen and oxygen atoms in total. The minimum absolute atomic E-state index is 0.0486. The molecule has 3 fully saturated rings. The Morgan fingerprint density at radius 1 is 1.33 bits per heavy atom. The Hall–Kier alpha value is -1.59. The number of ether oxygens (including phenoxy) is 1. The van der Waals surface area contributed by atoms with E-state index < -0.39 is 11.6 Å². The van der Waals surface area contributed by atoms with Crippen LogP contribution in [0.1, 0.15) is 59.8 Å². The maximum absolute atomic E-state index is 13.3. The molecule has 132 valence electrons. The van der Waals surface area contributed by atoms with Crippen LogP contribution in [0.3, 0.4) is 0 Å². The van der Waals surface area contributed by atoms with Gasteiger partial charge in [0.15, 0.2) is 5.71 Å². The minimum Gasteiger partial charge on any atom is -0.443 e. The van der Waals surface area contributed by atoms with Gasteiger partial charge in [0.2, 0.25) is 0 Å². The zero-order valence-corrected chi connectivity index (χ0v) is 14.9. The molecule has 0 N–H and O–H groups in total. The van der Waals surface area contributed by atoms with E-state index in [1.165, 1.54) is 4.90 Å². The molecule has 0 unspecified atom stereocenters. The highest BCUT2D eigenvalue weighted by Gasteiger charge is 2.74. The van der Waals surface area contributed by atoms with Gasteiger partial charge in [0.25, 0.3) is 5.91 Å².